The van der Waals surface area contributed by atoms with Crippen LogP contribution in [-0.2, 0) is 6.61 Å². The Balaban J connectivity index is 1.44. The summed E-state index contributed by atoms with van der Waals surface area (Å²) in [5.74, 6) is 0.968. The zero-order valence-corrected chi connectivity index (χ0v) is 20.3. The Hall–Kier alpha value is -4.03. The molecular formula is C28H26ClN3O3. The van der Waals surface area contributed by atoms with Crippen molar-refractivity contribution in [3.8, 4) is 11.5 Å². The molecule has 0 aromatic heterocycles. The second kappa shape index (κ2) is 11.4. The molecule has 0 spiro atoms. The highest BCUT2D eigenvalue weighted by molar-refractivity contribution is 6.32. The number of carbonyl (C=O) groups is 1. The van der Waals surface area contributed by atoms with Gasteiger partial charge in [-0.2, -0.15) is 5.10 Å². The van der Waals surface area contributed by atoms with Crippen LogP contribution in [0, 0.1) is 6.92 Å². The number of hydrogen-bond acceptors (Lipinski definition) is 4. The number of nitrogens with one attached hydrogen (secondary N) is 2. The molecule has 0 aliphatic carbocycles. The molecule has 35 heavy (non-hydrogen) atoms. The molecule has 2 amide bonds. The van der Waals surface area contributed by atoms with Crippen molar-refractivity contribution < 1.29 is 14.3 Å². The summed E-state index contributed by atoms with van der Waals surface area (Å²) in [5, 5.41) is 9.49. The summed E-state index contributed by atoms with van der Waals surface area (Å²) < 4.78 is 11.8. The van der Waals surface area contributed by atoms with Crippen LogP contribution in [0.4, 0.5) is 10.5 Å². The number of benzene rings is 4. The molecule has 4 aromatic rings. The number of hydrazone groups is 1. The summed E-state index contributed by atoms with van der Waals surface area (Å²) in [4.78, 5) is 12.1. The van der Waals surface area contributed by atoms with Gasteiger partial charge in [0.15, 0.2) is 11.5 Å². The molecule has 0 atom stereocenters. The lowest BCUT2D eigenvalue weighted by atomic mass is 10.1. The molecule has 2 N–H and O–H groups in total. The number of aryl methyl sites for hydroxylation is 1. The van der Waals surface area contributed by atoms with Gasteiger partial charge in [0.05, 0.1) is 17.8 Å². The van der Waals surface area contributed by atoms with Crippen molar-refractivity contribution in [1.29, 1.82) is 0 Å². The summed E-state index contributed by atoms with van der Waals surface area (Å²) in [5.41, 5.74) is 5.82. The maximum absolute atomic E-state index is 12.1. The Morgan fingerprint density at radius 2 is 1.74 bits per heavy atom. The van der Waals surface area contributed by atoms with E-state index in [2.05, 4.69) is 40.1 Å². The number of ether oxygens (including phenoxy) is 2. The van der Waals surface area contributed by atoms with Gasteiger partial charge < -0.3 is 14.8 Å². The van der Waals surface area contributed by atoms with E-state index in [4.69, 9.17) is 21.1 Å². The number of halogens is 1. The van der Waals surface area contributed by atoms with Gasteiger partial charge in [-0.15, -0.1) is 0 Å². The molecule has 4 rings (SSSR count). The van der Waals surface area contributed by atoms with Crippen molar-refractivity contribution in [2.45, 2.75) is 20.5 Å². The van der Waals surface area contributed by atoms with Gasteiger partial charge in [-0.05, 0) is 65.6 Å². The lowest BCUT2D eigenvalue weighted by molar-refractivity contribution is 0.252. The van der Waals surface area contributed by atoms with Gasteiger partial charge in [0.2, 0.25) is 0 Å². The molecule has 178 valence electrons. The number of para-hydroxylation sites is 1. The van der Waals surface area contributed by atoms with Crippen LogP contribution < -0.4 is 20.2 Å². The fourth-order valence-electron chi connectivity index (χ4n) is 3.58. The predicted octanol–water partition coefficient (Wildman–Crippen LogP) is 6.93. The van der Waals surface area contributed by atoms with Gasteiger partial charge in [-0.3, -0.25) is 0 Å². The number of carbonyl (C=O) groups excluding carboxylic acids is 1. The summed E-state index contributed by atoms with van der Waals surface area (Å²) in [7, 11) is 0. The number of urea groups is 1. The number of fused-ring (bicyclic) bond motifs is 1. The first-order valence-corrected chi connectivity index (χ1v) is 11.6. The van der Waals surface area contributed by atoms with Crippen molar-refractivity contribution in [1.82, 2.24) is 5.43 Å². The fourth-order valence-corrected chi connectivity index (χ4v) is 3.85. The molecule has 7 heteroatoms. The van der Waals surface area contributed by atoms with Gasteiger partial charge in [-0.25, -0.2) is 10.2 Å². The van der Waals surface area contributed by atoms with Gasteiger partial charge in [-0.1, -0.05) is 66.2 Å². The Kier molecular flexibility index (Phi) is 7.85. The Morgan fingerprint density at radius 1 is 0.971 bits per heavy atom. The Labute approximate surface area is 209 Å². The highest BCUT2D eigenvalue weighted by Crippen LogP contribution is 2.37. The minimum Gasteiger partial charge on any atom is -0.490 e. The molecule has 0 unspecified atom stereocenters. The third kappa shape index (κ3) is 6.31. The van der Waals surface area contributed by atoms with Gasteiger partial charge in [0.25, 0.3) is 0 Å². The van der Waals surface area contributed by atoms with E-state index in [1.54, 1.807) is 12.1 Å². The topological polar surface area (TPSA) is 72.0 Å². The third-order valence-electron chi connectivity index (χ3n) is 5.30. The van der Waals surface area contributed by atoms with Crippen LogP contribution in [0.15, 0.2) is 84.0 Å². The standard InChI is InChI=1S/C28H26ClN3O3/c1-3-34-26-16-21(17-30-32-28(33)31-25-11-7-4-8-19(25)2)15-24(29)27(26)35-18-20-12-13-22-9-5-6-10-23(22)14-20/h4-17H,3,18H2,1-2H3,(H2,31,32,33). The second-order valence-electron chi connectivity index (χ2n) is 7.87. The van der Waals surface area contributed by atoms with Gasteiger partial charge in [0, 0.05) is 5.69 Å². The van der Waals surface area contributed by atoms with Crippen LogP contribution in [0.25, 0.3) is 10.8 Å². The zero-order valence-electron chi connectivity index (χ0n) is 19.5. The largest absolute Gasteiger partial charge is 0.490 e. The fraction of sp³-hybridized carbons (Fsp3) is 0.143. The highest BCUT2D eigenvalue weighted by Gasteiger charge is 2.13. The maximum Gasteiger partial charge on any atom is 0.339 e. The average molecular weight is 488 g/mol. The van der Waals surface area contributed by atoms with Gasteiger partial charge in [0.1, 0.15) is 6.61 Å². The number of nitrogens with zero attached hydrogens (tertiary/aromatic N) is 1. The number of hydrogen-bond donors (Lipinski definition) is 2. The minimum atomic E-state index is -0.443. The van der Waals surface area contributed by atoms with E-state index in [0.29, 0.717) is 35.3 Å². The monoisotopic (exact) mass is 487 g/mol. The quantitative estimate of drug-likeness (QED) is 0.209. The molecule has 0 saturated carbocycles. The first kappa shape index (κ1) is 24.1. The van der Waals surface area contributed by atoms with Crippen LogP contribution in [0.3, 0.4) is 0 Å². The second-order valence-corrected chi connectivity index (χ2v) is 8.28. The van der Waals surface area contributed by atoms with E-state index in [1.807, 2.05) is 56.3 Å². The molecular weight excluding hydrogens is 462 g/mol. The smallest absolute Gasteiger partial charge is 0.339 e. The van der Waals surface area contributed by atoms with E-state index < -0.39 is 6.03 Å². The van der Waals surface area contributed by atoms with Crippen molar-refractivity contribution in [3.05, 3.63) is 101 Å². The lowest BCUT2D eigenvalue weighted by Crippen LogP contribution is -2.24. The maximum atomic E-state index is 12.1. The van der Waals surface area contributed by atoms with E-state index in [1.165, 1.54) is 11.6 Å². The summed E-state index contributed by atoms with van der Waals surface area (Å²) in [6.45, 7) is 4.60. The molecule has 0 radical (unpaired) electrons. The molecule has 0 saturated heterocycles. The predicted molar refractivity (Wildman–Crippen MR) is 142 cm³/mol. The van der Waals surface area contributed by atoms with Crippen LogP contribution in [0.1, 0.15) is 23.6 Å². The van der Waals surface area contributed by atoms with E-state index >= 15 is 0 Å². The van der Waals surface area contributed by atoms with Crippen LogP contribution in [0.5, 0.6) is 11.5 Å². The Morgan fingerprint density at radius 3 is 2.54 bits per heavy atom. The van der Waals surface area contributed by atoms with Crippen molar-refractivity contribution in [2.75, 3.05) is 11.9 Å². The van der Waals surface area contributed by atoms with E-state index in [0.717, 1.165) is 22.2 Å². The lowest BCUT2D eigenvalue weighted by Gasteiger charge is -2.15. The minimum absolute atomic E-state index is 0.346. The number of rotatable bonds is 8. The van der Waals surface area contributed by atoms with Gasteiger partial charge >= 0.3 is 6.03 Å². The SMILES string of the molecule is CCOc1cc(C=NNC(=O)Nc2ccccc2C)cc(Cl)c1OCc1ccc2ccccc2c1. The zero-order chi connectivity index (χ0) is 24.6. The molecule has 4 aromatic carbocycles. The van der Waals surface area contributed by atoms with Crippen molar-refractivity contribution >= 4 is 40.3 Å². The van der Waals surface area contributed by atoms with E-state index in [9.17, 15) is 4.79 Å². The van der Waals surface area contributed by atoms with Crippen LogP contribution >= 0.6 is 11.6 Å². The number of amides is 2. The van der Waals surface area contributed by atoms with E-state index in [-0.39, 0.29) is 0 Å². The van der Waals surface area contributed by atoms with Crippen LogP contribution in [-0.4, -0.2) is 18.9 Å². The van der Waals surface area contributed by atoms with Crippen molar-refractivity contribution in [3.63, 3.8) is 0 Å². The van der Waals surface area contributed by atoms with Crippen molar-refractivity contribution in [2.24, 2.45) is 5.10 Å². The summed E-state index contributed by atoms with van der Waals surface area (Å²) in [6, 6.07) is 24.9. The molecule has 0 heterocycles. The molecule has 0 fully saturated rings. The number of anilines is 1. The summed E-state index contributed by atoms with van der Waals surface area (Å²) >= 11 is 6.53. The highest BCUT2D eigenvalue weighted by atomic mass is 35.5. The molecule has 0 aliphatic heterocycles. The summed E-state index contributed by atoms with van der Waals surface area (Å²) in [6.07, 6.45) is 1.50. The third-order valence-corrected chi connectivity index (χ3v) is 5.58. The molecule has 0 aliphatic rings. The van der Waals surface area contributed by atoms with Crippen LogP contribution in [0.2, 0.25) is 5.02 Å². The average Bonchev–Trinajstić information content (AvgIpc) is 2.85. The normalized spacial score (nSPS) is 10.9. The first-order valence-electron chi connectivity index (χ1n) is 11.3. The molecule has 0 bridgehead atoms. The first-order chi connectivity index (χ1) is 17.0. The Bertz CT molecular complexity index is 1370. The molecule has 6 nitrogen and oxygen atoms in total.